The van der Waals surface area contributed by atoms with Crippen LogP contribution in [0.4, 0.5) is 4.39 Å². The molecule has 0 aromatic heterocycles. The Morgan fingerprint density at radius 2 is 2.27 bits per heavy atom. The summed E-state index contributed by atoms with van der Waals surface area (Å²) in [4.78, 5) is 11.3. The predicted octanol–water partition coefficient (Wildman–Crippen LogP) is 1.88. The highest BCUT2D eigenvalue weighted by atomic mass is 79.9. The molecule has 0 aliphatic carbocycles. The lowest BCUT2D eigenvalue weighted by Gasteiger charge is -2.06. The van der Waals surface area contributed by atoms with E-state index in [1.165, 1.54) is 13.2 Å². The van der Waals surface area contributed by atoms with E-state index in [4.69, 9.17) is 10.5 Å². The maximum atomic E-state index is 13.5. The Labute approximate surface area is 95.5 Å². The monoisotopic (exact) mass is 275 g/mol. The molecule has 0 aliphatic rings. The van der Waals surface area contributed by atoms with Crippen LogP contribution in [0.25, 0.3) is 0 Å². The molecule has 0 atom stereocenters. The summed E-state index contributed by atoms with van der Waals surface area (Å²) in [5.41, 5.74) is 5.91. The normalized spacial score (nSPS) is 10.4. The SMILES string of the molecule is COCc1cc(Br)c(F)c(C(=O)CN)c1. The standard InChI is InChI=1S/C10H11BrFNO2/c1-15-5-6-2-7(9(14)4-13)10(12)8(11)3-6/h2-3H,4-5,13H2,1H3. The van der Waals surface area contributed by atoms with Crippen molar-refractivity contribution in [1.29, 1.82) is 0 Å². The molecule has 3 nitrogen and oxygen atoms in total. The van der Waals surface area contributed by atoms with E-state index >= 15 is 0 Å². The Morgan fingerprint density at radius 3 is 2.80 bits per heavy atom. The average Bonchev–Trinajstić information content (AvgIpc) is 2.22. The number of benzene rings is 1. The van der Waals surface area contributed by atoms with Gasteiger partial charge >= 0.3 is 0 Å². The summed E-state index contributed by atoms with van der Waals surface area (Å²) in [7, 11) is 1.53. The van der Waals surface area contributed by atoms with Crippen molar-refractivity contribution in [1.82, 2.24) is 0 Å². The van der Waals surface area contributed by atoms with Gasteiger partial charge in [-0.3, -0.25) is 4.79 Å². The minimum absolute atomic E-state index is 0.000995. The molecule has 82 valence electrons. The molecule has 0 unspecified atom stereocenters. The Hall–Kier alpha value is -0.780. The third-order valence-electron chi connectivity index (χ3n) is 1.88. The number of ether oxygens (including phenoxy) is 1. The average molecular weight is 276 g/mol. The minimum Gasteiger partial charge on any atom is -0.380 e. The van der Waals surface area contributed by atoms with Crippen molar-refractivity contribution in [2.75, 3.05) is 13.7 Å². The van der Waals surface area contributed by atoms with E-state index in [0.29, 0.717) is 6.61 Å². The maximum Gasteiger partial charge on any atom is 0.179 e. The largest absolute Gasteiger partial charge is 0.380 e. The number of halogens is 2. The topological polar surface area (TPSA) is 52.3 Å². The van der Waals surface area contributed by atoms with Gasteiger partial charge in [0, 0.05) is 7.11 Å². The first-order chi connectivity index (χ1) is 7.10. The fourth-order valence-electron chi connectivity index (χ4n) is 1.21. The van der Waals surface area contributed by atoms with Gasteiger partial charge in [0.05, 0.1) is 23.2 Å². The molecule has 0 aliphatic heterocycles. The van der Waals surface area contributed by atoms with E-state index in [2.05, 4.69) is 15.9 Å². The van der Waals surface area contributed by atoms with Gasteiger partial charge in [-0.25, -0.2) is 4.39 Å². The Balaban J connectivity index is 3.18. The summed E-state index contributed by atoms with van der Waals surface area (Å²) >= 11 is 3.04. The van der Waals surface area contributed by atoms with E-state index < -0.39 is 11.6 Å². The third-order valence-corrected chi connectivity index (χ3v) is 2.46. The van der Waals surface area contributed by atoms with Crippen LogP contribution in [0.5, 0.6) is 0 Å². The van der Waals surface area contributed by atoms with Gasteiger partial charge < -0.3 is 10.5 Å². The van der Waals surface area contributed by atoms with Crippen molar-refractivity contribution in [3.05, 3.63) is 33.5 Å². The summed E-state index contributed by atoms with van der Waals surface area (Å²) in [5, 5.41) is 0. The van der Waals surface area contributed by atoms with E-state index in [1.807, 2.05) is 0 Å². The van der Waals surface area contributed by atoms with Crippen molar-refractivity contribution >= 4 is 21.7 Å². The molecule has 0 spiro atoms. The smallest absolute Gasteiger partial charge is 0.179 e. The molecule has 0 amide bonds. The minimum atomic E-state index is -0.578. The van der Waals surface area contributed by atoms with Gasteiger partial charge in [-0.05, 0) is 33.6 Å². The van der Waals surface area contributed by atoms with Gasteiger partial charge in [-0.15, -0.1) is 0 Å². The fourth-order valence-corrected chi connectivity index (χ4v) is 1.72. The Morgan fingerprint density at radius 1 is 1.60 bits per heavy atom. The highest BCUT2D eigenvalue weighted by Crippen LogP contribution is 2.22. The molecule has 2 N–H and O–H groups in total. The lowest BCUT2D eigenvalue weighted by molar-refractivity contribution is 0.0997. The summed E-state index contributed by atoms with van der Waals surface area (Å²) in [6.45, 7) is 0.115. The van der Waals surface area contributed by atoms with Crippen molar-refractivity contribution in [3.8, 4) is 0 Å². The number of Topliss-reactive ketones (excluding diaryl/α,β-unsaturated/α-hetero) is 1. The summed E-state index contributed by atoms with van der Waals surface area (Å²) in [6, 6.07) is 3.03. The number of carbonyl (C=O) groups is 1. The molecule has 0 saturated carbocycles. The van der Waals surface area contributed by atoms with Gasteiger partial charge in [-0.2, -0.15) is 0 Å². The third kappa shape index (κ3) is 2.84. The number of rotatable bonds is 4. The molecule has 15 heavy (non-hydrogen) atoms. The van der Waals surface area contributed by atoms with Crippen LogP contribution in [0.1, 0.15) is 15.9 Å². The second-order valence-corrected chi connectivity index (χ2v) is 3.85. The van der Waals surface area contributed by atoms with Gasteiger partial charge in [0.25, 0.3) is 0 Å². The number of nitrogens with two attached hydrogens (primary N) is 1. The lowest BCUT2D eigenvalue weighted by atomic mass is 10.1. The molecule has 0 radical (unpaired) electrons. The molecular weight excluding hydrogens is 265 g/mol. The summed E-state index contributed by atoms with van der Waals surface area (Å²) in [6.07, 6.45) is 0. The first kappa shape index (κ1) is 12.3. The number of methoxy groups -OCH3 is 1. The van der Waals surface area contributed by atoms with Crippen LogP contribution in [0.2, 0.25) is 0 Å². The van der Waals surface area contributed by atoms with Crippen molar-refractivity contribution in [2.24, 2.45) is 5.73 Å². The first-order valence-corrected chi connectivity index (χ1v) is 5.09. The van der Waals surface area contributed by atoms with Crippen LogP contribution in [-0.4, -0.2) is 19.4 Å². The number of hydrogen-bond acceptors (Lipinski definition) is 3. The molecule has 1 aromatic rings. The van der Waals surface area contributed by atoms with Crippen LogP contribution < -0.4 is 5.73 Å². The molecule has 0 bridgehead atoms. The predicted molar refractivity (Wildman–Crippen MR) is 58.2 cm³/mol. The molecule has 1 rings (SSSR count). The highest BCUT2D eigenvalue weighted by Gasteiger charge is 2.14. The summed E-state index contributed by atoms with van der Waals surface area (Å²) < 4.78 is 18.6. The van der Waals surface area contributed by atoms with Crippen molar-refractivity contribution in [2.45, 2.75) is 6.61 Å². The molecule has 0 saturated heterocycles. The second kappa shape index (κ2) is 5.34. The zero-order valence-corrected chi connectivity index (χ0v) is 9.80. The zero-order chi connectivity index (χ0) is 11.4. The van der Waals surface area contributed by atoms with Crippen LogP contribution in [0.3, 0.4) is 0 Å². The lowest BCUT2D eigenvalue weighted by Crippen LogP contribution is -2.15. The molecule has 5 heteroatoms. The molecule has 0 heterocycles. The number of carbonyl (C=O) groups excluding carboxylic acids is 1. The fraction of sp³-hybridized carbons (Fsp3) is 0.300. The van der Waals surface area contributed by atoms with E-state index in [0.717, 1.165) is 5.56 Å². The number of ketones is 1. The van der Waals surface area contributed by atoms with E-state index in [1.54, 1.807) is 6.07 Å². The molecular formula is C10H11BrFNO2. The van der Waals surface area contributed by atoms with Crippen LogP contribution in [-0.2, 0) is 11.3 Å². The molecule has 0 fully saturated rings. The van der Waals surface area contributed by atoms with Crippen LogP contribution in [0.15, 0.2) is 16.6 Å². The number of hydrogen-bond donors (Lipinski definition) is 1. The second-order valence-electron chi connectivity index (χ2n) is 3.00. The van der Waals surface area contributed by atoms with Crippen molar-refractivity contribution < 1.29 is 13.9 Å². The van der Waals surface area contributed by atoms with Crippen LogP contribution in [0, 0.1) is 5.82 Å². The Kier molecular flexibility index (Phi) is 4.38. The van der Waals surface area contributed by atoms with E-state index in [-0.39, 0.29) is 16.6 Å². The summed E-state index contributed by atoms with van der Waals surface area (Å²) in [5.74, 6) is -1.00. The Bertz CT molecular complexity index is 382. The quantitative estimate of drug-likeness (QED) is 0.854. The highest BCUT2D eigenvalue weighted by molar-refractivity contribution is 9.10. The van der Waals surface area contributed by atoms with Crippen molar-refractivity contribution in [3.63, 3.8) is 0 Å². The van der Waals surface area contributed by atoms with Gasteiger partial charge in [0.1, 0.15) is 5.82 Å². The molecule has 1 aromatic carbocycles. The van der Waals surface area contributed by atoms with Gasteiger partial charge in [0.15, 0.2) is 5.78 Å². The maximum absolute atomic E-state index is 13.5. The van der Waals surface area contributed by atoms with Crippen LogP contribution >= 0.6 is 15.9 Å². The van der Waals surface area contributed by atoms with Gasteiger partial charge in [0.2, 0.25) is 0 Å². The first-order valence-electron chi connectivity index (χ1n) is 4.30. The van der Waals surface area contributed by atoms with E-state index in [9.17, 15) is 9.18 Å². The zero-order valence-electron chi connectivity index (χ0n) is 8.22. The van der Waals surface area contributed by atoms with Gasteiger partial charge in [-0.1, -0.05) is 0 Å².